The van der Waals surface area contributed by atoms with Gasteiger partial charge in [-0.15, -0.1) is 0 Å². The highest BCUT2D eigenvalue weighted by molar-refractivity contribution is 5.96. The van der Waals surface area contributed by atoms with Crippen LogP contribution in [0.25, 0.3) is 11.3 Å². The zero-order chi connectivity index (χ0) is 21.0. The maximum Gasteiger partial charge on any atom is 0.374 e. The van der Waals surface area contributed by atoms with Crippen LogP contribution < -0.4 is 5.32 Å². The minimum absolute atomic E-state index is 0.00446. The van der Waals surface area contributed by atoms with Crippen molar-refractivity contribution in [3.63, 3.8) is 0 Å². The average Bonchev–Trinajstić information content (AvgIpc) is 3.20. The molecule has 3 rings (SSSR count). The maximum atomic E-state index is 12.2. The first-order valence-corrected chi connectivity index (χ1v) is 9.09. The van der Waals surface area contributed by atoms with Gasteiger partial charge in [-0.1, -0.05) is 36.4 Å². The molecule has 2 aromatic carbocycles. The molecule has 0 fully saturated rings. The highest BCUT2D eigenvalue weighted by Crippen LogP contribution is 2.23. The summed E-state index contributed by atoms with van der Waals surface area (Å²) in [6, 6.07) is 15.6. The van der Waals surface area contributed by atoms with E-state index in [0.717, 1.165) is 16.7 Å². The first-order valence-electron chi connectivity index (χ1n) is 9.09. The second kappa shape index (κ2) is 8.56. The number of rotatable bonds is 6. The highest BCUT2D eigenvalue weighted by atomic mass is 16.5. The molecular weight excluding hydrogens is 370 g/mol. The minimum atomic E-state index is -0.729. The van der Waals surface area contributed by atoms with Gasteiger partial charge in [0.15, 0.2) is 12.4 Å². The number of benzene rings is 2. The molecule has 1 N–H and O–H groups in total. The SMILES string of the molecule is CC(=O)c1ccc(-c2ccc(C(=O)OCC(=O)Nc3cccc(C)c3C)o2)cc1. The fourth-order valence-corrected chi connectivity index (χ4v) is 2.75. The Bertz CT molecular complexity index is 1060. The molecule has 0 bridgehead atoms. The number of ether oxygens (including phenoxy) is 1. The Morgan fingerprint density at radius 1 is 0.966 bits per heavy atom. The van der Waals surface area contributed by atoms with Crippen molar-refractivity contribution in [3.05, 3.63) is 77.0 Å². The van der Waals surface area contributed by atoms with Crippen LogP contribution in [0.4, 0.5) is 5.69 Å². The van der Waals surface area contributed by atoms with Gasteiger partial charge >= 0.3 is 5.97 Å². The third-order valence-electron chi connectivity index (χ3n) is 4.60. The smallest absolute Gasteiger partial charge is 0.374 e. The van der Waals surface area contributed by atoms with Gasteiger partial charge in [0.1, 0.15) is 5.76 Å². The largest absolute Gasteiger partial charge is 0.450 e. The van der Waals surface area contributed by atoms with Crippen LogP contribution >= 0.6 is 0 Å². The van der Waals surface area contributed by atoms with E-state index >= 15 is 0 Å². The Balaban J connectivity index is 1.59. The summed E-state index contributed by atoms with van der Waals surface area (Å²) in [5, 5.41) is 2.73. The van der Waals surface area contributed by atoms with Crippen LogP contribution in [-0.4, -0.2) is 24.3 Å². The lowest BCUT2D eigenvalue weighted by Gasteiger charge is -2.10. The monoisotopic (exact) mass is 391 g/mol. The van der Waals surface area contributed by atoms with Crippen molar-refractivity contribution >= 4 is 23.3 Å². The molecule has 6 nitrogen and oxygen atoms in total. The van der Waals surface area contributed by atoms with Crippen molar-refractivity contribution in [2.45, 2.75) is 20.8 Å². The van der Waals surface area contributed by atoms with Crippen LogP contribution in [0.15, 0.2) is 59.0 Å². The van der Waals surface area contributed by atoms with E-state index in [-0.39, 0.29) is 11.5 Å². The number of esters is 1. The number of carbonyl (C=O) groups is 3. The van der Waals surface area contributed by atoms with Gasteiger partial charge < -0.3 is 14.5 Å². The van der Waals surface area contributed by atoms with Gasteiger partial charge in [0.25, 0.3) is 5.91 Å². The minimum Gasteiger partial charge on any atom is -0.450 e. The number of Topliss-reactive ketones (excluding diaryl/α,β-unsaturated/α-hetero) is 1. The molecule has 0 radical (unpaired) electrons. The Morgan fingerprint density at radius 3 is 2.38 bits per heavy atom. The van der Waals surface area contributed by atoms with E-state index in [1.54, 1.807) is 36.4 Å². The van der Waals surface area contributed by atoms with Crippen molar-refractivity contribution in [2.75, 3.05) is 11.9 Å². The van der Waals surface area contributed by atoms with Gasteiger partial charge in [0, 0.05) is 16.8 Å². The van der Waals surface area contributed by atoms with Crippen LogP contribution in [0.2, 0.25) is 0 Å². The number of hydrogen-bond acceptors (Lipinski definition) is 5. The van der Waals surface area contributed by atoms with Crippen molar-refractivity contribution in [3.8, 4) is 11.3 Å². The Hall–Kier alpha value is -3.67. The number of nitrogens with one attached hydrogen (secondary N) is 1. The van der Waals surface area contributed by atoms with E-state index in [1.807, 2.05) is 26.0 Å². The summed E-state index contributed by atoms with van der Waals surface area (Å²) in [5.74, 6) is -0.729. The summed E-state index contributed by atoms with van der Waals surface area (Å²) >= 11 is 0. The standard InChI is InChI=1S/C23H21NO5/c1-14-5-4-6-19(15(14)2)24-22(26)13-28-23(27)21-12-11-20(29-21)18-9-7-17(8-10-18)16(3)25/h4-12H,13H2,1-3H3,(H,24,26). The summed E-state index contributed by atoms with van der Waals surface area (Å²) in [6.07, 6.45) is 0. The third-order valence-corrected chi connectivity index (χ3v) is 4.60. The van der Waals surface area contributed by atoms with Crippen molar-refractivity contribution in [1.82, 2.24) is 0 Å². The summed E-state index contributed by atoms with van der Waals surface area (Å²) in [5.41, 5.74) is 4.01. The topological polar surface area (TPSA) is 85.6 Å². The molecule has 0 spiro atoms. The Morgan fingerprint density at radius 2 is 1.69 bits per heavy atom. The van der Waals surface area contributed by atoms with Gasteiger partial charge in [-0.05, 0) is 50.1 Å². The number of ketones is 1. The molecule has 0 aliphatic heterocycles. The van der Waals surface area contributed by atoms with E-state index in [4.69, 9.17) is 9.15 Å². The van der Waals surface area contributed by atoms with Crippen LogP contribution in [-0.2, 0) is 9.53 Å². The van der Waals surface area contributed by atoms with Crippen molar-refractivity contribution < 1.29 is 23.5 Å². The molecule has 6 heteroatoms. The van der Waals surface area contributed by atoms with Crippen LogP contribution in [0.1, 0.15) is 39.0 Å². The predicted octanol–water partition coefficient (Wildman–Crippen LogP) is 4.56. The molecule has 3 aromatic rings. The van der Waals surface area contributed by atoms with E-state index in [2.05, 4.69) is 5.32 Å². The van der Waals surface area contributed by atoms with E-state index in [0.29, 0.717) is 17.0 Å². The highest BCUT2D eigenvalue weighted by Gasteiger charge is 2.16. The molecule has 0 aliphatic rings. The summed E-state index contributed by atoms with van der Waals surface area (Å²) < 4.78 is 10.6. The van der Waals surface area contributed by atoms with Gasteiger partial charge in [-0.25, -0.2) is 4.79 Å². The lowest BCUT2D eigenvalue weighted by atomic mass is 10.1. The molecule has 0 unspecified atom stereocenters. The normalized spacial score (nSPS) is 10.4. The average molecular weight is 391 g/mol. The summed E-state index contributed by atoms with van der Waals surface area (Å²) in [7, 11) is 0. The number of hydrogen-bond donors (Lipinski definition) is 1. The third kappa shape index (κ3) is 4.79. The zero-order valence-electron chi connectivity index (χ0n) is 16.4. The maximum absolute atomic E-state index is 12.2. The molecule has 0 atom stereocenters. The Labute approximate surface area is 168 Å². The molecule has 1 amide bonds. The van der Waals surface area contributed by atoms with Crippen molar-refractivity contribution in [2.24, 2.45) is 0 Å². The van der Waals surface area contributed by atoms with Gasteiger partial charge in [0.2, 0.25) is 5.76 Å². The lowest BCUT2D eigenvalue weighted by molar-refractivity contribution is -0.119. The molecule has 29 heavy (non-hydrogen) atoms. The molecular formula is C23H21NO5. The van der Waals surface area contributed by atoms with E-state index in [1.165, 1.54) is 13.0 Å². The van der Waals surface area contributed by atoms with Crippen LogP contribution in [0.5, 0.6) is 0 Å². The molecule has 1 aromatic heterocycles. The quantitative estimate of drug-likeness (QED) is 0.492. The lowest BCUT2D eigenvalue weighted by Crippen LogP contribution is -2.21. The first kappa shape index (κ1) is 20.1. The summed E-state index contributed by atoms with van der Waals surface area (Å²) in [6.45, 7) is 4.93. The van der Waals surface area contributed by atoms with Gasteiger partial charge in [0.05, 0.1) is 0 Å². The summed E-state index contributed by atoms with van der Waals surface area (Å²) in [4.78, 5) is 35.6. The Kier molecular flexibility index (Phi) is 5.93. The number of carbonyl (C=O) groups excluding carboxylic acids is 3. The second-order valence-corrected chi connectivity index (χ2v) is 6.67. The number of anilines is 1. The van der Waals surface area contributed by atoms with Crippen LogP contribution in [0, 0.1) is 13.8 Å². The number of furan rings is 1. The van der Waals surface area contributed by atoms with Gasteiger partial charge in [-0.3, -0.25) is 9.59 Å². The zero-order valence-corrected chi connectivity index (χ0v) is 16.4. The van der Waals surface area contributed by atoms with Gasteiger partial charge in [-0.2, -0.15) is 0 Å². The first-order chi connectivity index (χ1) is 13.8. The fourth-order valence-electron chi connectivity index (χ4n) is 2.75. The van der Waals surface area contributed by atoms with Crippen LogP contribution in [0.3, 0.4) is 0 Å². The number of amides is 1. The second-order valence-electron chi connectivity index (χ2n) is 6.67. The molecule has 148 valence electrons. The molecule has 0 saturated heterocycles. The fraction of sp³-hybridized carbons (Fsp3) is 0.174. The van der Waals surface area contributed by atoms with E-state index in [9.17, 15) is 14.4 Å². The van der Waals surface area contributed by atoms with E-state index < -0.39 is 18.5 Å². The molecule has 1 heterocycles. The molecule has 0 aliphatic carbocycles. The van der Waals surface area contributed by atoms with Crippen molar-refractivity contribution in [1.29, 1.82) is 0 Å². The molecule has 0 saturated carbocycles. The number of aryl methyl sites for hydroxylation is 1. The predicted molar refractivity (Wildman–Crippen MR) is 109 cm³/mol.